The summed E-state index contributed by atoms with van der Waals surface area (Å²) < 4.78 is 13.8. The van der Waals surface area contributed by atoms with E-state index < -0.39 is 0 Å². The van der Waals surface area contributed by atoms with Crippen molar-refractivity contribution < 1.29 is 14.0 Å². The zero-order valence-corrected chi connectivity index (χ0v) is 16.9. The van der Waals surface area contributed by atoms with Gasteiger partial charge >= 0.3 is 0 Å². The molecule has 1 heterocycles. The van der Waals surface area contributed by atoms with E-state index in [1.54, 1.807) is 19.1 Å². The number of rotatable bonds is 3. The lowest BCUT2D eigenvalue weighted by molar-refractivity contribution is -0.122. The lowest BCUT2D eigenvalue weighted by atomic mass is 10.0. The van der Waals surface area contributed by atoms with Gasteiger partial charge in [0, 0.05) is 11.4 Å². The number of carbonyl (C=O) groups excluding carboxylic acids is 2. The van der Waals surface area contributed by atoms with E-state index in [0.29, 0.717) is 16.9 Å². The number of halogens is 1. The first kappa shape index (κ1) is 19.3. The van der Waals surface area contributed by atoms with E-state index in [0.717, 1.165) is 41.8 Å². The van der Waals surface area contributed by atoms with Crippen LogP contribution in [0.15, 0.2) is 35.3 Å². The molecule has 29 heavy (non-hydrogen) atoms. The number of benzene rings is 2. The van der Waals surface area contributed by atoms with Crippen molar-refractivity contribution in [2.75, 3.05) is 16.8 Å². The van der Waals surface area contributed by atoms with E-state index in [4.69, 9.17) is 4.99 Å². The Morgan fingerprint density at radius 2 is 1.93 bits per heavy atom. The van der Waals surface area contributed by atoms with Crippen LogP contribution in [0.3, 0.4) is 0 Å². The van der Waals surface area contributed by atoms with Crippen molar-refractivity contribution in [2.24, 2.45) is 10.9 Å². The number of nitrogens with one attached hydrogen (secondary N) is 1. The van der Waals surface area contributed by atoms with E-state index in [-0.39, 0.29) is 30.1 Å². The molecule has 0 aromatic heterocycles. The largest absolute Gasteiger partial charge is 0.324 e. The number of aryl methyl sites for hydroxylation is 3. The minimum atomic E-state index is -0.380. The van der Waals surface area contributed by atoms with Crippen LogP contribution in [-0.2, 0) is 9.59 Å². The number of amides is 2. The van der Waals surface area contributed by atoms with Crippen molar-refractivity contribution in [3.63, 3.8) is 0 Å². The van der Waals surface area contributed by atoms with E-state index in [9.17, 15) is 14.0 Å². The van der Waals surface area contributed by atoms with Gasteiger partial charge in [0.2, 0.25) is 11.8 Å². The number of fused-ring (bicyclic) bond motifs is 2. The van der Waals surface area contributed by atoms with Crippen LogP contribution >= 0.6 is 0 Å². The number of carbonyl (C=O) groups is 2. The zero-order chi connectivity index (χ0) is 20.7. The molecular formula is C23H24FN3O2. The molecule has 2 aromatic rings. The van der Waals surface area contributed by atoms with Gasteiger partial charge in [-0.15, -0.1) is 0 Å². The second-order valence-corrected chi connectivity index (χ2v) is 7.91. The van der Waals surface area contributed by atoms with Crippen LogP contribution in [0, 0.1) is 32.5 Å². The Balaban J connectivity index is 1.65. The number of hydrogen-bond acceptors (Lipinski definition) is 3. The average molecular weight is 393 g/mol. The van der Waals surface area contributed by atoms with Gasteiger partial charge < -0.3 is 10.2 Å². The molecule has 1 unspecified atom stereocenters. The fourth-order valence-corrected chi connectivity index (χ4v) is 3.96. The van der Waals surface area contributed by atoms with Crippen LogP contribution in [0.1, 0.15) is 36.0 Å². The van der Waals surface area contributed by atoms with E-state index in [1.807, 2.05) is 26.0 Å². The van der Waals surface area contributed by atoms with E-state index in [1.165, 1.54) is 11.0 Å². The highest BCUT2D eigenvalue weighted by Crippen LogP contribution is 2.39. The van der Waals surface area contributed by atoms with Gasteiger partial charge in [-0.2, -0.15) is 0 Å². The fraction of sp³-hybridized carbons (Fsp3) is 0.348. The standard InChI is InChI=1S/C23H24FN3O2/c1-13-7-8-16(11-18(13)24)25-22(28)12-27-21-10-15(3)14(2)9-20(21)26-19-6-4-5-17(19)23(27)29/h7-11,17H,4-6,12H2,1-3H3,(H,25,28). The molecule has 4 rings (SSSR count). The first-order valence-corrected chi connectivity index (χ1v) is 9.89. The maximum absolute atomic E-state index is 13.8. The summed E-state index contributed by atoms with van der Waals surface area (Å²) in [6, 6.07) is 8.46. The first-order valence-electron chi connectivity index (χ1n) is 9.89. The maximum atomic E-state index is 13.8. The van der Waals surface area contributed by atoms with Crippen molar-refractivity contribution in [1.82, 2.24) is 0 Å². The zero-order valence-electron chi connectivity index (χ0n) is 16.9. The molecule has 2 amide bonds. The second kappa shape index (κ2) is 7.43. The maximum Gasteiger partial charge on any atom is 0.244 e. The smallest absolute Gasteiger partial charge is 0.244 e. The third-order valence-electron chi connectivity index (χ3n) is 5.80. The van der Waals surface area contributed by atoms with Crippen LogP contribution in [0.4, 0.5) is 21.5 Å². The number of nitrogens with zero attached hydrogens (tertiary/aromatic N) is 2. The van der Waals surface area contributed by atoms with Crippen LogP contribution in [0.25, 0.3) is 0 Å². The Kier molecular flexibility index (Phi) is 4.94. The highest BCUT2D eigenvalue weighted by atomic mass is 19.1. The van der Waals surface area contributed by atoms with Crippen molar-refractivity contribution in [3.8, 4) is 0 Å². The number of hydrogen-bond donors (Lipinski definition) is 1. The molecule has 1 atom stereocenters. The van der Waals surface area contributed by atoms with Crippen LogP contribution < -0.4 is 10.2 Å². The molecule has 1 fully saturated rings. The van der Waals surface area contributed by atoms with Crippen LogP contribution in [0.5, 0.6) is 0 Å². The molecule has 2 aromatic carbocycles. The van der Waals surface area contributed by atoms with Crippen molar-refractivity contribution in [3.05, 3.63) is 52.8 Å². The number of aliphatic imine (C=N–C) groups is 1. The fourth-order valence-electron chi connectivity index (χ4n) is 3.96. The summed E-state index contributed by atoms with van der Waals surface area (Å²) in [5, 5.41) is 2.70. The molecule has 1 aliphatic carbocycles. The Morgan fingerprint density at radius 1 is 1.17 bits per heavy atom. The monoisotopic (exact) mass is 393 g/mol. The summed E-state index contributed by atoms with van der Waals surface area (Å²) in [4.78, 5) is 32.3. The minimum absolute atomic E-state index is 0.0894. The SMILES string of the molecule is Cc1cc2c(cc1C)N(CC(=O)Nc1ccc(C)c(F)c1)C(=O)C1CCCC1=N2. The molecule has 1 saturated carbocycles. The molecule has 5 nitrogen and oxygen atoms in total. The highest BCUT2D eigenvalue weighted by Gasteiger charge is 2.37. The summed E-state index contributed by atoms with van der Waals surface area (Å²) in [5.41, 5.74) is 5.31. The molecule has 0 radical (unpaired) electrons. The van der Waals surface area contributed by atoms with Crippen LogP contribution in [0.2, 0.25) is 0 Å². The normalized spacial score (nSPS) is 18.1. The van der Waals surface area contributed by atoms with Gasteiger partial charge in [0.25, 0.3) is 0 Å². The van der Waals surface area contributed by atoms with Gasteiger partial charge in [-0.1, -0.05) is 6.07 Å². The topological polar surface area (TPSA) is 61.8 Å². The molecule has 6 heteroatoms. The van der Waals surface area contributed by atoms with E-state index >= 15 is 0 Å². The summed E-state index contributed by atoms with van der Waals surface area (Å²) in [6.07, 6.45) is 2.49. The Morgan fingerprint density at radius 3 is 2.69 bits per heavy atom. The van der Waals surface area contributed by atoms with E-state index in [2.05, 4.69) is 5.32 Å². The van der Waals surface area contributed by atoms with Gasteiger partial charge in [-0.05, 0) is 81.0 Å². The van der Waals surface area contributed by atoms with Gasteiger partial charge in [0.15, 0.2) is 0 Å². The Labute approximate surface area is 169 Å². The van der Waals surface area contributed by atoms with Gasteiger partial charge in [0.05, 0.1) is 17.3 Å². The predicted molar refractivity (Wildman–Crippen MR) is 112 cm³/mol. The predicted octanol–water partition coefficient (Wildman–Crippen LogP) is 4.61. The summed E-state index contributed by atoms with van der Waals surface area (Å²) >= 11 is 0. The summed E-state index contributed by atoms with van der Waals surface area (Å²) in [7, 11) is 0. The molecule has 0 spiro atoms. The average Bonchev–Trinajstić information content (AvgIpc) is 3.10. The third-order valence-corrected chi connectivity index (χ3v) is 5.80. The Hall–Kier alpha value is -3.02. The van der Waals surface area contributed by atoms with Crippen molar-refractivity contribution in [1.29, 1.82) is 0 Å². The molecule has 1 aliphatic heterocycles. The van der Waals surface area contributed by atoms with Crippen molar-refractivity contribution >= 4 is 34.6 Å². The number of anilines is 2. The lowest BCUT2D eigenvalue weighted by Crippen LogP contribution is -2.42. The molecule has 150 valence electrons. The second-order valence-electron chi connectivity index (χ2n) is 7.91. The quantitative estimate of drug-likeness (QED) is 0.828. The lowest BCUT2D eigenvalue weighted by Gasteiger charge is -2.25. The summed E-state index contributed by atoms with van der Waals surface area (Å²) in [5.74, 6) is -1.11. The first-order chi connectivity index (χ1) is 13.8. The van der Waals surface area contributed by atoms with Crippen LogP contribution in [-0.4, -0.2) is 24.1 Å². The van der Waals surface area contributed by atoms with Gasteiger partial charge in [0.1, 0.15) is 12.4 Å². The molecular weight excluding hydrogens is 369 g/mol. The summed E-state index contributed by atoms with van der Waals surface area (Å²) in [6.45, 7) is 5.52. The molecule has 0 bridgehead atoms. The van der Waals surface area contributed by atoms with Crippen molar-refractivity contribution in [2.45, 2.75) is 40.0 Å². The van der Waals surface area contributed by atoms with Gasteiger partial charge in [-0.3, -0.25) is 14.6 Å². The van der Waals surface area contributed by atoms with Gasteiger partial charge in [-0.25, -0.2) is 4.39 Å². The molecule has 2 aliphatic rings. The Bertz CT molecular complexity index is 1040. The minimum Gasteiger partial charge on any atom is -0.324 e. The third kappa shape index (κ3) is 3.67. The molecule has 0 saturated heterocycles. The molecule has 1 N–H and O–H groups in total. The highest BCUT2D eigenvalue weighted by molar-refractivity contribution is 6.16.